The zero-order valence-corrected chi connectivity index (χ0v) is 8.85. The number of piperidine rings is 1. The number of halogens is 1. The molecule has 0 aliphatic carbocycles. The summed E-state index contributed by atoms with van der Waals surface area (Å²) < 4.78 is 0. The maximum Gasteiger partial charge on any atom is 0.0406 e. The van der Waals surface area contributed by atoms with Gasteiger partial charge in [0.2, 0.25) is 0 Å². The van der Waals surface area contributed by atoms with Gasteiger partial charge in [-0.25, -0.2) is 0 Å². The van der Waals surface area contributed by atoms with Crippen LogP contribution in [0.2, 0.25) is 5.02 Å². The third-order valence-electron chi connectivity index (χ3n) is 2.44. The van der Waals surface area contributed by atoms with E-state index in [-0.39, 0.29) is 0 Å². The smallest absolute Gasteiger partial charge is 0.0406 e. The molecule has 0 aromatic heterocycles. The first-order valence-electron chi connectivity index (χ1n) is 5.00. The van der Waals surface area contributed by atoms with Crippen molar-refractivity contribution in [3.8, 4) is 0 Å². The van der Waals surface area contributed by atoms with Gasteiger partial charge in [-0.05, 0) is 37.1 Å². The Labute approximate surface area is 89.8 Å². The van der Waals surface area contributed by atoms with Crippen molar-refractivity contribution >= 4 is 17.7 Å². The van der Waals surface area contributed by atoms with Crippen molar-refractivity contribution in [2.45, 2.75) is 12.8 Å². The summed E-state index contributed by atoms with van der Waals surface area (Å²) in [7, 11) is 0. The maximum absolute atomic E-state index is 5.82. The summed E-state index contributed by atoms with van der Waals surface area (Å²) in [5, 5.41) is 4.17. The summed E-state index contributed by atoms with van der Waals surface area (Å²) in [5.41, 5.74) is 2.73. The quantitative estimate of drug-likeness (QED) is 0.746. The van der Waals surface area contributed by atoms with E-state index in [0.717, 1.165) is 18.1 Å². The first kappa shape index (κ1) is 9.75. The standard InChI is InChI=1S/C12H14ClN/c13-12-5-3-10(4-6-12)8-11-2-1-7-14-9-11/h3-6,8,14H,1-2,7,9H2/b11-8-. The second-order valence-corrected chi connectivity index (χ2v) is 4.07. The first-order chi connectivity index (χ1) is 6.84. The SMILES string of the molecule is Clc1ccc(/C=C2/CCCNC2)cc1. The summed E-state index contributed by atoms with van der Waals surface area (Å²) in [5.74, 6) is 0. The van der Waals surface area contributed by atoms with Crippen LogP contribution in [0.3, 0.4) is 0 Å². The van der Waals surface area contributed by atoms with Gasteiger partial charge in [-0.2, -0.15) is 0 Å². The van der Waals surface area contributed by atoms with E-state index < -0.39 is 0 Å². The minimum atomic E-state index is 0.800. The number of benzene rings is 1. The molecule has 1 N–H and O–H groups in total. The van der Waals surface area contributed by atoms with Gasteiger partial charge in [-0.1, -0.05) is 35.4 Å². The van der Waals surface area contributed by atoms with E-state index in [1.807, 2.05) is 12.1 Å². The highest BCUT2D eigenvalue weighted by Gasteiger charge is 2.03. The van der Waals surface area contributed by atoms with Gasteiger partial charge in [-0.15, -0.1) is 0 Å². The Balaban J connectivity index is 2.11. The highest BCUT2D eigenvalue weighted by atomic mass is 35.5. The molecule has 1 nitrogen and oxygen atoms in total. The molecule has 0 bridgehead atoms. The molecule has 0 unspecified atom stereocenters. The lowest BCUT2D eigenvalue weighted by atomic mass is 10.0. The zero-order valence-electron chi connectivity index (χ0n) is 8.09. The van der Waals surface area contributed by atoms with Crippen LogP contribution in [0.25, 0.3) is 6.08 Å². The number of hydrogen-bond donors (Lipinski definition) is 1. The van der Waals surface area contributed by atoms with Gasteiger partial charge < -0.3 is 5.32 Å². The average Bonchev–Trinajstić information content (AvgIpc) is 2.23. The van der Waals surface area contributed by atoms with E-state index in [0.29, 0.717) is 0 Å². The molecule has 2 rings (SSSR count). The normalized spacial score (nSPS) is 19.9. The highest BCUT2D eigenvalue weighted by Crippen LogP contribution is 2.15. The van der Waals surface area contributed by atoms with Crippen molar-refractivity contribution in [3.63, 3.8) is 0 Å². The fourth-order valence-electron chi connectivity index (χ4n) is 1.70. The molecule has 1 saturated heterocycles. The Bertz CT molecular complexity index is 319. The maximum atomic E-state index is 5.82. The van der Waals surface area contributed by atoms with Crippen LogP contribution in [0.15, 0.2) is 29.8 Å². The van der Waals surface area contributed by atoms with Crippen molar-refractivity contribution < 1.29 is 0 Å². The molecule has 1 aliphatic rings. The summed E-state index contributed by atoms with van der Waals surface area (Å²) in [6.45, 7) is 2.18. The lowest BCUT2D eigenvalue weighted by Gasteiger charge is -2.15. The van der Waals surface area contributed by atoms with Crippen LogP contribution in [-0.4, -0.2) is 13.1 Å². The molecular weight excluding hydrogens is 194 g/mol. The number of rotatable bonds is 1. The zero-order chi connectivity index (χ0) is 9.80. The van der Waals surface area contributed by atoms with E-state index in [4.69, 9.17) is 11.6 Å². The third-order valence-corrected chi connectivity index (χ3v) is 2.70. The largest absolute Gasteiger partial charge is 0.313 e. The van der Waals surface area contributed by atoms with Crippen LogP contribution in [0.1, 0.15) is 18.4 Å². The third kappa shape index (κ3) is 2.60. The summed E-state index contributed by atoms with van der Waals surface area (Å²) in [4.78, 5) is 0. The van der Waals surface area contributed by atoms with Gasteiger partial charge in [0.1, 0.15) is 0 Å². The minimum Gasteiger partial charge on any atom is -0.313 e. The molecule has 1 aromatic carbocycles. The molecule has 1 fully saturated rings. The van der Waals surface area contributed by atoms with Crippen LogP contribution >= 0.6 is 11.6 Å². The van der Waals surface area contributed by atoms with Crippen molar-refractivity contribution in [3.05, 3.63) is 40.4 Å². The molecule has 1 heterocycles. The number of hydrogen-bond acceptors (Lipinski definition) is 1. The van der Waals surface area contributed by atoms with Crippen molar-refractivity contribution in [1.29, 1.82) is 0 Å². The van der Waals surface area contributed by atoms with Crippen LogP contribution in [0.4, 0.5) is 0 Å². The molecule has 74 valence electrons. The monoisotopic (exact) mass is 207 g/mol. The highest BCUT2D eigenvalue weighted by molar-refractivity contribution is 6.30. The van der Waals surface area contributed by atoms with Gasteiger partial charge in [0, 0.05) is 11.6 Å². The van der Waals surface area contributed by atoms with Gasteiger partial charge in [0.25, 0.3) is 0 Å². The second kappa shape index (κ2) is 4.63. The Morgan fingerprint density at radius 2 is 2.00 bits per heavy atom. The summed E-state index contributed by atoms with van der Waals surface area (Å²) in [6, 6.07) is 7.99. The van der Waals surface area contributed by atoms with Crippen LogP contribution in [0.5, 0.6) is 0 Å². The molecule has 0 radical (unpaired) electrons. The molecule has 0 saturated carbocycles. The molecular formula is C12H14ClN. The average molecular weight is 208 g/mol. The van der Waals surface area contributed by atoms with Crippen LogP contribution in [0, 0.1) is 0 Å². The number of nitrogens with one attached hydrogen (secondary N) is 1. The topological polar surface area (TPSA) is 12.0 Å². The fourth-order valence-corrected chi connectivity index (χ4v) is 1.82. The van der Waals surface area contributed by atoms with Crippen molar-refractivity contribution in [2.24, 2.45) is 0 Å². The van der Waals surface area contributed by atoms with Gasteiger partial charge >= 0.3 is 0 Å². The van der Waals surface area contributed by atoms with E-state index in [2.05, 4.69) is 23.5 Å². The summed E-state index contributed by atoms with van der Waals surface area (Å²) in [6.07, 6.45) is 4.72. The minimum absolute atomic E-state index is 0.800. The van der Waals surface area contributed by atoms with E-state index in [1.165, 1.54) is 24.0 Å². The molecule has 14 heavy (non-hydrogen) atoms. The van der Waals surface area contributed by atoms with Crippen LogP contribution in [-0.2, 0) is 0 Å². The van der Waals surface area contributed by atoms with Gasteiger partial charge in [0.05, 0.1) is 0 Å². The molecule has 0 spiro atoms. The molecule has 1 aromatic rings. The van der Waals surface area contributed by atoms with Crippen molar-refractivity contribution in [1.82, 2.24) is 5.32 Å². The van der Waals surface area contributed by atoms with Crippen LogP contribution < -0.4 is 5.32 Å². The Morgan fingerprint density at radius 1 is 1.21 bits per heavy atom. The van der Waals surface area contributed by atoms with Crippen molar-refractivity contribution in [2.75, 3.05) is 13.1 Å². The molecule has 0 amide bonds. The lowest BCUT2D eigenvalue weighted by molar-refractivity contribution is 0.613. The Kier molecular flexibility index (Phi) is 3.22. The Hall–Kier alpha value is -0.790. The Morgan fingerprint density at radius 3 is 2.64 bits per heavy atom. The molecule has 1 aliphatic heterocycles. The second-order valence-electron chi connectivity index (χ2n) is 3.63. The fraction of sp³-hybridized carbons (Fsp3) is 0.333. The first-order valence-corrected chi connectivity index (χ1v) is 5.38. The molecule has 2 heteroatoms. The molecule has 0 atom stereocenters. The van der Waals surface area contributed by atoms with E-state index in [1.54, 1.807) is 0 Å². The van der Waals surface area contributed by atoms with E-state index >= 15 is 0 Å². The predicted octanol–water partition coefficient (Wildman–Crippen LogP) is 3.11. The van der Waals surface area contributed by atoms with E-state index in [9.17, 15) is 0 Å². The van der Waals surface area contributed by atoms with Gasteiger partial charge in [0.15, 0.2) is 0 Å². The lowest BCUT2D eigenvalue weighted by Crippen LogP contribution is -2.23. The summed E-state index contributed by atoms with van der Waals surface area (Å²) >= 11 is 5.82. The van der Waals surface area contributed by atoms with Gasteiger partial charge in [-0.3, -0.25) is 0 Å². The predicted molar refractivity (Wildman–Crippen MR) is 61.5 cm³/mol.